The van der Waals surface area contributed by atoms with Gasteiger partial charge in [-0.25, -0.2) is 4.98 Å². The summed E-state index contributed by atoms with van der Waals surface area (Å²) in [5, 5.41) is 9.43. The van der Waals surface area contributed by atoms with Gasteiger partial charge in [-0.2, -0.15) is 0 Å². The van der Waals surface area contributed by atoms with E-state index in [9.17, 15) is 9.90 Å². The summed E-state index contributed by atoms with van der Waals surface area (Å²) in [6, 6.07) is 7.98. The molecule has 0 radical (unpaired) electrons. The molecule has 1 aliphatic rings. The molecule has 3 rings (SSSR count). The molecule has 0 saturated carbocycles. The Balaban J connectivity index is 1.41. The molecule has 1 fully saturated rings. The molecule has 2 heterocycles. The molecule has 6 nitrogen and oxygen atoms in total. The zero-order valence-corrected chi connectivity index (χ0v) is 14.2. The minimum absolute atomic E-state index is 0.225. The van der Waals surface area contributed by atoms with Crippen LogP contribution in [-0.4, -0.2) is 69.6 Å². The number of imidazole rings is 1. The summed E-state index contributed by atoms with van der Waals surface area (Å²) in [4.78, 5) is 24.3. The second kappa shape index (κ2) is 7.77. The molecule has 1 aromatic carbocycles. The van der Waals surface area contributed by atoms with Gasteiger partial charge in [0.15, 0.2) is 0 Å². The predicted octanol–water partition coefficient (Wildman–Crippen LogP) is 1.41. The van der Waals surface area contributed by atoms with E-state index in [2.05, 4.69) is 14.9 Å². The van der Waals surface area contributed by atoms with Gasteiger partial charge in [0.25, 0.3) is 0 Å². The van der Waals surface area contributed by atoms with Crippen molar-refractivity contribution in [2.75, 3.05) is 32.7 Å². The highest BCUT2D eigenvalue weighted by Gasteiger charge is 2.21. The Labute approximate surface area is 142 Å². The van der Waals surface area contributed by atoms with Crippen molar-refractivity contribution in [1.29, 1.82) is 0 Å². The molecule has 0 unspecified atom stereocenters. The van der Waals surface area contributed by atoms with Crippen LogP contribution in [0, 0.1) is 0 Å². The largest absolute Gasteiger partial charge is 0.392 e. The summed E-state index contributed by atoms with van der Waals surface area (Å²) in [5.74, 6) is 1.17. The van der Waals surface area contributed by atoms with Crippen LogP contribution in [0.15, 0.2) is 24.3 Å². The first-order chi connectivity index (χ1) is 11.6. The average molecular weight is 330 g/mol. The molecule has 130 valence electrons. The van der Waals surface area contributed by atoms with E-state index >= 15 is 0 Å². The molecular weight excluding hydrogens is 304 g/mol. The molecule has 24 heavy (non-hydrogen) atoms. The zero-order chi connectivity index (χ0) is 16.9. The molecule has 0 spiro atoms. The molecule has 2 N–H and O–H groups in total. The maximum Gasteiger partial charge on any atom is 0.222 e. The summed E-state index contributed by atoms with van der Waals surface area (Å²) in [6.07, 6.45) is 1.86. The maximum absolute atomic E-state index is 12.3. The van der Waals surface area contributed by atoms with Gasteiger partial charge in [0.05, 0.1) is 17.1 Å². The Morgan fingerprint density at radius 1 is 1.29 bits per heavy atom. The minimum atomic E-state index is -0.309. The van der Waals surface area contributed by atoms with Crippen molar-refractivity contribution in [3.63, 3.8) is 0 Å². The van der Waals surface area contributed by atoms with Gasteiger partial charge in [0, 0.05) is 45.6 Å². The standard InChI is InChI=1S/C18H26N4O2/c1-14(23)13-21-9-11-22(12-10-21)18(24)8-4-7-17-19-15-5-2-3-6-16(15)20-17/h2-3,5-6,14,23H,4,7-13H2,1H3,(H,19,20)/t14-/m0/s1. The van der Waals surface area contributed by atoms with Crippen LogP contribution in [0.4, 0.5) is 0 Å². The molecule has 0 bridgehead atoms. The van der Waals surface area contributed by atoms with Gasteiger partial charge in [-0.05, 0) is 25.5 Å². The van der Waals surface area contributed by atoms with Crippen LogP contribution in [0.2, 0.25) is 0 Å². The predicted molar refractivity (Wildman–Crippen MR) is 93.7 cm³/mol. The summed E-state index contributed by atoms with van der Waals surface area (Å²) in [5.41, 5.74) is 2.03. The number of fused-ring (bicyclic) bond motifs is 1. The second-order valence-corrected chi connectivity index (χ2v) is 6.58. The molecule has 1 amide bonds. The highest BCUT2D eigenvalue weighted by molar-refractivity contribution is 5.76. The number of piperazine rings is 1. The number of carbonyl (C=O) groups excluding carboxylic acids is 1. The summed E-state index contributed by atoms with van der Waals surface area (Å²) in [6.45, 7) is 5.70. The number of aromatic nitrogens is 2. The fourth-order valence-corrected chi connectivity index (χ4v) is 3.24. The lowest BCUT2D eigenvalue weighted by Gasteiger charge is -2.35. The summed E-state index contributed by atoms with van der Waals surface area (Å²) >= 11 is 0. The van der Waals surface area contributed by atoms with Crippen molar-refractivity contribution >= 4 is 16.9 Å². The van der Waals surface area contributed by atoms with Gasteiger partial charge in [-0.1, -0.05) is 12.1 Å². The fourth-order valence-electron chi connectivity index (χ4n) is 3.24. The van der Waals surface area contributed by atoms with E-state index in [1.807, 2.05) is 29.2 Å². The van der Waals surface area contributed by atoms with Crippen LogP contribution in [0.25, 0.3) is 11.0 Å². The lowest BCUT2D eigenvalue weighted by molar-refractivity contribution is -0.133. The number of aromatic amines is 1. The number of H-pyrrole nitrogens is 1. The summed E-state index contributed by atoms with van der Waals surface area (Å²) in [7, 11) is 0. The van der Waals surface area contributed by atoms with Gasteiger partial charge in [-0.15, -0.1) is 0 Å². The monoisotopic (exact) mass is 330 g/mol. The van der Waals surface area contributed by atoms with E-state index < -0.39 is 0 Å². The van der Waals surface area contributed by atoms with Gasteiger partial charge >= 0.3 is 0 Å². The molecule has 1 atom stereocenters. The molecule has 2 aromatic rings. The molecule has 6 heteroatoms. The number of nitrogens with one attached hydrogen (secondary N) is 1. The highest BCUT2D eigenvalue weighted by Crippen LogP contribution is 2.13. The topological polar surface area (TPSA) is 72.5 Å². The van der Waals surface area contributed by atoms with Crippen molar-refractivity contribution in [2.45, 2.75) is 32.3 Å². The van der Waals surface area contributed by atoms with Crippen LogP contribution in [0.5, 0.6) is 0 Å². The number of carbonyl (C=O) groups is 1. The number of aryl methyl sites for hydroxylation is 1. The lowest BCUT2D eigenvalue weighted by Crippen LogP contribution is -2.50. The van der Waals surface area contributed by atoms with Crippen LogP contribution >= 0.6 is 0 Å². The van der Waals surface area contributed by atoms with Crippen molar-refractivity contribution in [3.8, 4) is 0 Å². The first kappa shape index (κ1) is 16.9. The average Bonchev–Trinajstić information content (AvgIpc) is 2.97. The first-order valence-corrected chi connectivity index (χ1v) is 8.73. The second-order valence-electron chi connectivity index (χ2n) is 6.58. The van der Waals surface area contributed by atoms with Crippen LogP contribution < -0.4 is 0 Å². The van der Waals surface area contributed by atoms with E-state index in [1.54, 1.807) is 6.92 Å². The fraction of sp³-hybridized carbons (Fsp3) is 0.556. The maximum atomic E-state index is 12.3. The number of amides is 1. The Bertz CT molecular complexity index is 641. The molecule has 1 aromatic heterocycles. The van der Waals surface area contributed by atoms with Crippen LogP contribution in [0.3, 0.4) is 0 Å². The minimum Gasteiger partial charge on any atom is -0.392 e. The van der Waals surface area contributed by atoms with Crippen molar-refractivity contribution in [1.82, 2.24) is 19.8 Å². The number of hydrogen-bond donors (Lipinski definition) is 2. The van der Waals surface area contributed by atoms with Gasteiger partial charge in [0.1, 0.15) is 5.82 Å². The van der Waals surface area contributed by atoms with Gasteiger partial charge in [-0.3, -0.25) is 9.69 Å². The Kier molecular flexibility index (Phi) is 5.48. The molecule has 0 aliphatic carbocycles. The van der Waals surface area contributed by atoms with Gasteiger partial charge in [0.2, 0.25) is 5.91 Å². The molecular formula is C18H26N4O2. The first-order valence-electron chi connectivity index (χ1n) is 8.73. The Morgan fingerprint density at radius 2 is 2.04 bits per heavy atom. The van der Waals surface area contributed by atoms with Crippen LogP contribution in [0.1, 0.15) is 25.6 Å². The number of para-hydroxylation sites is 2. The van der Waals surface area contributed by atoms with E-state index in [0.29, 0.717) is 13.0 Å². The number of β-amino-alcohol motifs (C(OH)–C–C–N with tert-alkyl or cyclic N) is 1. The number of benzene rings is 1. The number of nitrogens with zero attached hydrogens (tertiary/aromatic N) is 3. The van der Waals surface area contributed by atoms with Crippen molar-refractivity contribution in [2.24, 2.45) is 0 Å². The SMILES string of the molecule is C[C@H](O)CN1CCN(C(=O)CCCc2nc3ccccc3[nH]2)CC1. The Hall–Kier alpha value is -1.92. The summed E-state index contributed by atoms with van der Waals surface area (Å²) < 4.78 is 0. The number of rotatable bonds is 6. The number of aliphatic hydroxyl groups is 1. The van der Waals surface area contributed by atoms with Crippen molar-refractivity contribution in [3.05, 3.63) is 30.1 Å². The lowest BCUT2D eigenvalue weighted by atomic mass is 10.2. The molecule has 1 saturated heterocycles. The van der Waals surface area contributed by atoms with Crippen molar-refractivity contribution < 1.29 is 9.90 Å². The quantitative estimate of drug-likeness (QED) is 0.840. The van der Waals surface area contributed by atoms with E-state index in [0.717, 1.165) is 55.9 Å². The van der Waals surface area contributed by atoms with Gasteiger partial charge < -0.3 is 15.0 Å². The number of hydrogen-bond acceptors (Lipinski definition) is 4. The third-order valence-corrected chi connectivity index (χ3v) is 4.49. The molecule has 1 aliphatic heterocycles. The number of aliphatic hydroxyl groups excluding tert-OH is 1. The zero-order valence-electron chi connectivity index (χ0n) is 14.2. The van der Waals surface area contributed by atoms with E-state index in [4.69, 9.17) is 0 Å². The normalized spacial score (nSPS) is 17.3. The highest BCUT2D eigenvalue weighted by atomic mass is 16.3. The Morgan fingerprint density at radius 3 is 2.75 bits per heavy atom. The third-order valence-electron chi connectivity index (χ3n) is 4.49. The van der Waals surface area contributed by atoms with E-state index in [-0.39, 0.29) is 12.0 Å². The van der Waals surface area contributed by atoms with Crippen LogP contribution in [-0.2, 0) is 11.2 Å². The third kappa shape index (κ3) is 4.33. The smallest absolute Gasteiger partial charge is 0.222 e. The van der Waals surface area contributed by atoms with E-state index in [1.165, 1.54) is 0 Å².